The summed E-state index contributed by atoms with van der Waals surface area (Å²) in [6, 6.07) is 18.8. The molecule has 1 aromatic heterocycles. The molecule has 0 spiro atoms. The van der Waals surface area contributed by atoms with E-state index >= 15 is 0 Å². The summed E-state index contributed by atoms with van der Waals surface area (Å²) in [6.45, 7) is 0. The van der Waals surface area contributed by atoms with Crippen LogP contribution >= 0.6 is 11.3 Å². The van der Waals surface area contributed by atoms with Crippen molar-refractivity contribution < 1.29 is 0 Å². The number of anilines is 1. The Morgan fingerprint density at radius 1 is 0.909 bits per heavy atom. The Morgan fingerprint density at radius 3 is 2.32 bits per heavy atom. The quantitative estimate of drug-likeness (QED) is 0.671. The van der Waals surface area contributed by atoms with Crippen molar-refractivity contribution in [3.05, 3.63) is 70.5 Å². The van der Waals surface area contributed by atoms with Gasteiger partial charge < -0.3 is 4.90 Å². The van der Waals surface area contributed by atoms with Crippen LogP contribution in [0.2, 0.25) is 0 Å². The summed E-state index contributed by atoms with van der Waals surface area (Å²) in [5.41, 5.74) is 4.58. The lowest BCUT2D eigenvalue weighted by molar-refractivity contribution is 1.13. The van der Waals surface area contributed by atoms with Crippen LogP contribution in [0.15, 0.2) is 60.0 Å². The van der Waals surface area contributed by atoms with Gasteiger partial charge in [-0.1, -0.05) is 48.5 Å². The lowest BCUT2D eigenvalue weighted by atomic mass is 10.2. The first kappa shape index (κ1) is 14.5. The molecule has 3 rings (SSSR count). The fraction of sp³-hybridized carbons (Fsp3) is 0.105. The number of benzene rings is 2. The van der Waals surface area contributed by atoms with Crippen LogP contribution in [0.4, 0.5) is 5.69 Å². The predicted octanol–water partition coefficient (Wildman–Crippen LogP) is 5.05. The molecule has 0 radical (unpaired) electrons. The summed E-state index contributed by atoms with van der Waals surface area (Å²) in [5, 5.41) is 3.12. The first-order valence-electron chi connectivity index (χ1n) is 7.19. The number of hydrogen-bond donors (Lipinski definition) is 0. The van der Waals surface area contributed by atoms with Crippen molar-refractivity contribution in [1.29, 1.82) is 0 Å². The van der Waals surface area contributed by atoms with E-state index in [9.17, 15) is 0 Å². The highest BCUT2D eigenvalue weighted by Gasteiger charge is 2.01. The highest BCUT2D eigenvalue weighted by molar-refractivity contribution is 7.10. The van der Waals surface area contributed by atoms with Gasteiger partial charge in [0.1, 0.15) is 5.01 Å². The van der Waals surface area contributed by atoms with E-state index in [1.165, 1.54) is 11.3 Å². The van der Waals surface area contributed by atoms with Gasteiger partial charge >= 0.3 is 0 Å². The van der Waals surface area contributed by atoms with Gasteiger partial charge in [-0.05, 0) is 23.8 Å². The van der Waals surface area contributed by atoms with Crippen LogP contribution in [-0.4, -0.2) is 19.1 Å². The minimum atomic E-state index is 1.02. The molecule has 0 fully saturated rings. The Bertz CT molecular complexity index is 756. The predicted molar refractivity (Wildman–Crippen MR) is 97.2 cm³/mol. The maximum Gasteiger partial charge on any atom is 0.116 e. The molecule has 0 aliphatic rings. The first-order chi connectivity index (χ1) is 10.7. The van der Waals surface area contributed by atoms with Crippen molar-refractivity contribution in [2.75, 3.05) is 19.0 Å². The smallest absolute Gasteiger partial charge is 0.116 e. The van der Waals surface area contributed by atoms with Crippen LogP contribution in [0, 0.1) is 0 Å². The van der Waals surface area contributed by atoms with E-state index in [0.717, 1.165) is 16.3 Å². The fourth-order valence-electron chi connectivity index (χ4n) is 2.16. The maximum absolute atomic E-state index is 4.66. The standard InChI is InChI=1S/C19H18N2S/c1-21(2)17-11-8-15(9-12-17)10-13-19-20-18(14-22-19)16-6-4-3-5-7-16/h3-14H,1-2H3/b13-10+. The molecular weight excluding hydrogens is 288 g/mol. The van der Waals surface area contributed by atoms with E-state index in [-0.39, 0.29) is 0 Å². The molecule has 2 aromatic carbocycles. The van der Waals surface area contributed by atoms with E-state index < -0.39 is 0 Å². The van der Waals surface area contributed by atoms with Gasteiger partial charge in [0.15, 0.2) is 0 Å². The van der Waals surface area contributed by atoms with Gasteiger partial charge in [0.05, 0.1) is 5.69 Å². The third-order valence-electron chi connectivity index (χ3n) is 3.42. The molecule has 22 heavy (non-hydrogen) atoms. The molecule has 0 aliphatic carbocycles. The fourth-order valence-corrected chi connectivity index (χ4v) is 2.88. The van der Waals surface area contributed by atoms with Crippen molar-refractivity contribution in [3.8, 4) is 11.3 Å². The highest BCUT2D eigenvalue weighted by Crippen LogP contribution is 2.23. The van der Waals surface area contributed by atoms with E-state index in [1.807, 2.05) is 32.3 Å². The molecule has 0 aliphatic heterocycles. The lowest BCUT2D eigenvalue weighted by Crippen LogP contribution is -2.07. The molecular formula is C19H18N2S. The molecule has 0 saturated heterocycles. The van der Waals surface area contributed by atoms with Gasteiger partial charge in [0.25, 0.3) is 0 Å². The van der Waals surface area contributed by atoms with E-state index in [2.05, 4.69) is 63.8 Å². The minimum absolute atomic E-state index is 1.02. The van der Waals surface area contributed by atoms with Crippen molar-refractivity contribution in [1.82, 2.24) is 4.98 Å². The second-order valence-electron chi connectivity index (χ2n) is 5.26. The summed E-state index contributed by atoms with van der Waals surface area (Å²) in [7, 11) is 4.09. The van der Waals surface area contributed by atoms with Gasteiger partial charge in [0, 0.05) is 30.7 Å². The van der Waals surface area contributed by atoms with Crippen LogP contribution in [0.1, 0.15) is 10.6 Å². The summed E-state index contributed by atoms with van der Waals surface area (Å²) < 4.78 is 0. The Morgan fingerprint density at radius 2 is 1.64 bits per heavy atom. The Kier molecular flexibility index (Phi) is 4.35. The van der Waals surface area contributed by atoms with Gasteiger partial charge in [-0.2, -0.15) is 0 Å². The van der Waals surface area contributed by atoms with Crippen LogP contribution in [-0.2, 0) is 0 Å². The molecule has 3 aromatic rings. The number of rotatable bonds is 4. The largest absolute Gasteiger partial charge is 0.378 e. The third-order valence-corrected chi connectivity index (χ3v) is 4.23. The van der Waals surface area contributed by atoms with Gasteiger partial charge in [-0.15, -0.1) is 11.3 Å². The average molecular weight is 306 g/mol. The van der Waals surface area contributed by atoms with Gasteiger partial charge in [-0.3, -0.25) is 0 Å². The monoisotopic (exact) mass is 306 g/mol. The number of thiazole rings is 1. The normalized spacial score (nSPS) is 11.0. The second kappa shape index (κ2) is 6.58. The summed E-state index contributed by atoms with van der Waals surface area (Å²) >= 11 is 1.67. The number of nitrogens with zero attached hydrogens (tertiary/aromatic N) is 2. The van der Waals surface area contributed by atoms with Crippen molar-refractivity contribution >= 4 is 29.2 Å². The van der Waals surface area contributed by atoms with Gasteiger partial charge in [0.2, 0.25) is 0 Å². The average Bonchev–Trinajstić information content (AvgIpc) is 3.03. The molecule has 0 unspecified atom stereocenters. The molecule has 0 bridgehead atoms. The zero-order valence-electron chi connectivity index (χ0n) is 12.7. The topological polar surface area (TPSA) is 16.1 Å². The van der Waals surface area contributed by atoms with Crippen molar-refractivity contribution in [3.63, 3.8) is 0 Å². The third kappa shape index (κ3) is 3.43. The minimum Gasteiger partial charge on any atom is -0.378 e. The van der Waals surface area contributed by atoms with Crippen molar-refractivity contribution in [2.45, 2.75) is 0 Å². The number of hydrogen-bond acceptors (Lipinski definition) is 3. The van der Waals surface area contributed by atoms with Crippen LogP contribution in [0.3, 0.4) is 0 Å². The molecule has 110 valence electrons. The first-order valence-corrected chi connectivity index (χ1v) is 8.07. The van der Waals surface area contributed by atoms with Crippen molar-refractivity contribution in [2.24, 2.45) is 0 Å². The number of aromatic nitrogens is 1. The molecule has 1 heterocycles. The maximum atomic E-state index is 4.66. The van der Waals surface area contributed by atoms with Crippen LogP contribution in [0.5, 0.6) is 0 Å². The van der Waals surface area contributed by atoms with E-state index in [1.54, 1.807) is 11.3 Å². The van der Waals surface area contributed by atoms with E-state index in [4.69, 9.17) is 0 Å². The molecule has 0 amide bonds. The summed E-state index contributed by atoms with van der Waals surface area (Å²) in [6.07, 6.45) is 4.18. The summed E-state index contributed by atoms with van der Waals surface area (Å²) in [4.78, 5) is 6.76. The van der Waals surface area contributed by atoms with Crippen LogP contribution in [0.25, 0.3) is 23.4 Å². The SMILES string of the molecule is CN(C)c1ccc(/C=C/c2nc(-c3ccccc3)cs2)cc1. The zero-order valence-corrected chi connectivity index (χ0v) is 13.5. The van der Waals surface area contributed by atoms with E-state index in [0.29, 0.717) is 0 Å². The second-order valence-corrected chi connectivity index (χ2v) is 6.15. The molecule has 2 nitrogen and oxygen atoms in total. The summed E-state index contributed by atoms with van der Waals surface area (Å²) in [5.74, 6) is 0. The Hall–Kier alpha value is -2.39. The zero-order chi connectivity index (χ0) is 15.4. The lowest BCUT2D eigenvalue weighted by Gasteiger charge is -2.11. The highest BCUT2D eigenvalue weighted by atomic mass is 32.1. The molecule has 0 atom stereocenters. The van der Waals surface area contributed by atoms with Gasteiger partial charge in [-0.25, -0.2) is 4.98 Å². The molecule has 0 saturated carbocycles. The molecule has 3 heteroatoms. The Labute approximate surface area is 135 Å². The Balaban J connectivity index is 1.74. The van der Waals surface area contributed by atoms with Crippen LogP contribution < -0.4 is 4.90 Å². The molecule has 0 N–H and O–H groups in total.